The van der Waals surface area contributed by atoms with Crippen molar-refractivity contribution in [3.05, 3.63) is 36.5 Å². The molecule has 0 saturated carbocycles. The van der Waals surface area contributed by atoms with Crippen molar-refractivity contribution in [3.63, 3.8) is 0 Å². The van der Waals surface area contributed by atoms with Crippen LogP contribution in [0.5, 0.6) is 0 Å². The number of hydrogen-bond donors (Lipinski definition) is 5. The fourth-order valence-corrected chi connectivity index (χ4v) is 8.01. The van der Waals surface area contributed by atoms with E-state index in [-0.39, 0.29) is 19.6 Å². The lowest BCUT2D eigenvalue weighted by Gasteiger charge is -2.24. The van der Waals surface area contributed by atoms with Gasteiger partial charge in [-0.05, 0) is 57.8 Å². The number of phosphoric ester groups is 1. The second kappa shape index (κ2) is 44.7. The first-order chi connectivity index (χ1) is 28.8. The third-order valence-corrected chi connectivity index (χ3v) is 12.0. The van der Waals surface area contributed by atoms with Gasteiger partial charge in [0.05, 0.1) is 37.9 Å². The molecule has 0 bridgehead atoms. The van der Waals surface area contributed by atoms with Crippen LogP contribution in [0, 0.1) is 0 Å². The number of hydrogen-bond acceptors (Lipinski definition) is 7. The highest BCUT2D eigenvalue weighted by Gasteiger charge is 2.27. The molecule has 0 aliphatic rings. The lowest BCUT2D eigenvalue weighted by Crippen LogP contribution is -2.46. The van der Waals surface area contributed by atoms with Crippen LogP contribution in [0.2, 0.25) is 0 Å². The molecule has 10 heteroatoms. The highest BCUT2D eigenvalue weighted by molar-refractivity contribution is 7.47. The Morgan fingerprint density at radius 2 is 0.966 bits per heavy atom. The fourth-order valence-electron chi connectivity index (χ4n) is 7.25. The number of amides is 1. The number of carbonyl (C=O) groups is 1. The van der Waals surface area contributed by atoms with Crippen LogP contribution in [0.3, 0.4) is 0 Å². The number of nitrogens with one attached hydrogen (secondary N) is 1. The summed E-state index contributed by atoms with van der Waals surface area (Å²) < 4.78 is 22.1. The van der Waals surface area contributed by atoms with Crippen LogP contribution in [0.4, 0.5) is 0 Å². The third kappa shape index (κ3) is 43.1. The van der Waals surface area contributed by atoms with Crippen LogP contribution >= 0.6 is 7.82 Å². The first-order valence-corrected chi connectivity index (χ1v) is 26.2. The number of phosphoric acid groups is 1. The van der Waals surface area contributed by atoms with Gasteiger partial charge < -0.3 is 26.2 Å². The predicted octanol–water partition coefficient (Wildman–Crippen LogP) is 13.3. The van der Waals surface area contributed by atoms with Gasteiger partial charge in [0, 0.05) is 6.54 Å². The molecule has 4 unspecified atom stereocenters. The van der Waals surface area contributed by atoms with Gasteiger partial charge in [-0.3, -0.25) is 13.8 Å². The summed E-state index contributed by atoms with van der Waals surface area (Å²) in [5.41, 5.74) is 5.37. The zero-order valence-corrected chi connectivity index (χ0v) is 39.3. The fraction of sp³-hybridized carbons (Fsp3) is 0.857. The molecule has 0 spiro atoms. The van der Waals surface area contributed by atoms with Gasteiger partial charge in [-0.1, -0.05) is 204 Å². The summed E-state index contributed by atoms with van der Waals surface area (Å²) in [7, 11) is -4.41. The Hall–Kier alpha value is -1.32. The van der Waals surface area contributed by atoms with Gasteiger partial charge in [-0.25, -0.2) is 4.57 Å². The van der Waals surface area contributed by atoms with Gasteiger partial charge in [0.1, 0.15) is 0 Å². The summed E-state index contributed by atoms with van der Waals surface area (Å²) >= 11 is 0. The first kappa shape index (κ1) is 57.7. The molecule has 0 heterocycles. The number of aliphatic hydroxyl groups is 2. The Morgan fingerprint density at radius 1 is 0.576 bits per heavy atom. The number of aliphatic hydroxyl groups excluding tert-OH is 2. The molecule has 4 atom stereocenters. The summed E-state index contributed by atoms with van der Waals surface area (Å²) in [5.74, 6) is -0.459. The second-order valence-corrected chi connectivity index (χ2v) is 18.3. The van der Waals surface area contributed by atoms with E-state index in [0.29, 0.717) is 12.8 Å². The van der Waals surface area contributed by atoms with Crippen LogP contribution < -0.4 is 11.1 Å². The lowest BCUT2D eigenvalue weighted by atomic mass is 10.0. The average Bonchev–Trinajstić information content (AvgIpc) is 3.21. The summed E-state index contributed by atoms with van der Waals surface area (Å²) in [5, 5.41) is 24.1. The molecule has 0 aromatic heterocycles. The average molecular weight is 855 g/mol. The summed E-state index contributed by atoms with van der Waals surface area (Å²) in [6.45, 7) is 3.97. The van der Waals surface area contributed by atoms with Crippen molar-refractivity contribution >= 4 is 13.7 Å². The highest BCUT2D eigenvalue weighted by Crippen LogP contribution is 2.43. The molecule has 6 N–H and O–H groups in total. The van der Waals surface area contributed by atoms with E-state index in [2.05, 4.69) is 43.5 Å². The van der Waals surface area contributed by atoms with Crippen LogP contribution in [0.15, 0.2) is 36.5 Å². The number of nitrogens with two attached hydrogens (primary N) is 1. The molecule has 1 amide bonds. The number of rotatable bonds is 46. The summed E-state index contributed by atoms with van der Waals surface area (Å²) in [4.78, 5) is 22.8. The maximum Gasteiger partial charge on any atom is 0.472 e. The molecule has 0 saturated heterocycles. The molecule has 0 aromatic rings. The van der Waals surface area contributed by atoms with Gasteiger partial charge in [0.15, 0.2) is 0 Å². The third-order valence-electron chi connectivity index (χ3n) is 11.0. The van der Waals surface area contributed by atoms with Gasteiger partial charge >= 0.3 is 7.82 Å². The van der Waals surface area contributed by atoms with Crippen molar-refractivity contribution in [3.8, 4) is 0 Å². The maximum atomic E-state index is 12.9. The summed E-state index contributed by atoms with van der Waals surface area (Å²) in [6, 6.07) is -1.00. The standard InChI is InChI=1S/C49H95N2O7P/c1-3-5-7-9-11-13-15-17-19-21-23-24-26-28-30-32-34-36-38-40-46(52)44-49(54)51-47(45-58-59(55,56)57-43-42-50)48(53)41-39-37-35-33-31-29-27-25-22-20-18-16-14-12-10-8-6-4-2/h24,26,31,33,39,41,46-48,52-53H,3-23,25,27-30,32,34-38,40,42-45,50H2,1-2H3,(H,51,54)(H,55,56)/b26-24-,33-31+,41-39+. The minimum absolute atomic E-state index is 0.0436. The predicted molar refractivity (Wildman–Crippen MR) is 250 cm³/mol. The molecular formula is C49H95N2O7P. The molecule has 0 aromatic carbocycles. The Balaban J connectivity index is 4.28. The van der Waals surface area contributed by atoms with Crippen molar-refractivity contribution in [2.24, 2.45) is 5.73 Å². The SMILES string of the molecule is CCCCCCCCCCCC/C=C\CCCCCCCC(O)CC(=O)NC(COP(=O)(O)OCCN)C(O)/C=C/CC/C=C/CCCCCCCCCCCCCC. The normalized spacial score (nSPS) is 14.7. The lowest BCUT2D eigenvalue weighted by molar-refractivity contribution is -0.124. The quantitative estimate of drug-likeness (QED) is 0.0231. The van der Waals surface area contributed by atoms with Crippen LogP contribution in [0.25, 0.3) is 0 Å². The molecule has 0 aliphatic heterocycles. The van der Waals surface area contributed by atoms with Crippen LogP contribution in [-0.4, -0.2) is 59.0 Å². The van der Waals surface area contributed by atoms with Crippen molar-refractivity contribution < 1.29 is 33.5 Å². The van der Waals surface area contributed by atoms with E-state index in [4.69, 9.17) is 14.8 Å². The number of allylic oxidation sites excluding steroid dienone is 5. The maximum absolute atomic E-state index is 12.9. The molecular weight excluding hydrogens is 760 g/mol. The monoisotopic (exact) mass is 855 g/mol. The highest BCUT2D eigenvalue weighted by atomic mass is 31.2. The summed E-state index contributed by atoms with van der Waals surface area (Å²) in [6.07, 6.45) is 50.9. The zero-order chi connectivity index (χ0) is 43.3. The minimum Gasteiger partial charge on any atom is -0.393 e. The van der Waals surface area contributed by atoms with Gasteiger partial charge in [0.25, 0.3) is 0 Å². The van der Waals surface area contributed by atoms with Crippen molar-refractivity contribution in [1.29, 1.82) is 0 Å². The largest absolute Gasteiger partial charge is 0.472 e. The minimum atomic E-state index is -4.41. The number of carbonyl (C=O) groups excluding carboxylic acids is 1. The van der Waals surface area contributed by atoms with Gasteiger partial charge in [-0.15, -0.1) is 0 Å². The Bertz CT molecular complexity index is 1040. The molecule has 0 fully saturated rings. The Labute approximate surface area is 363 Å². The molecule has 0 aliphatic carbocycles. The van der Waals surface area contributed by atoms with Crippen molar-refractivity contribution in [2.75, 3.05) is 19.8 Å². The van der Waals surface area contributed by atoms with Gasteiger partial charge in [0.2, 0.25) is 5.91 Å². The van der Waals surface area contributed by atoms with E-state index in [9.17, 15) is 24.5 Å². The van der Waals surface area contributed by atoms with Crippen LogP contribution in [0.1, 0.15) is 232 Å². The molecule has 0 rings (SSSR count). The Kier molecular flexibility index (Phi) is 43.7. The van der Waals surface area contributed by atoms with E-state index < -0.39 is 38.6 Å². The van der Waals surface area contributed by atoms with Crippen molar-refractivity contribution in [2.45, 2.75) is 250 Å². The molecule has 59 heavy (non-hydrogen) atoms. The first-order valence-electron chi connectivity index (χ1n) is 24.7. The van der Waals surface area contributed by atoms with E-state index in [1.807, 2.05) is 6.08 Å². The van der Waals surface area contributed by atoms with E-state index >= 15 is 0 Å². The van der Waals surface area contributed by atoms with E-state index in [1.165, 1.54) is 154 Å². The van der Waals surface area contributed by atoms with Gasteiger partial charge in [-0.2, -0.15) is 0 Å². The van der Waals surface area contributed by atoms with Crippen molar-refractivity contribution in [1.82, 2.24) is 5.32 Å². The topological polar surface area (TPSA) is 151 Å². The van der Waals surface area contributed by atoms with E-state index in [0.717, 1.165) is 44.9 Å². The smallest absolute Gasteiger partial charge is 0.393 e. The number of unbranched alkanes of at least 4 members (excludes halogenated alkanes) is 28. The zero-order valence-electron chi connectivity index (χ0n) is 38.4. The van der Waals surface area contributed by atoms with E-state index in [1.54, 1.807) is 6.08 Å². The second-order valence-electron chi connectivity index (χ2n) is 16.9. The molecule has 0 radical (unpaired) electrons. The Morgan fingerprint density at radius 3 is 1.41 bits per heavy atom. The molecule has 348 valence electrons. The van der Waals surface area contributed by atoms with Crippen LogP contribution in [-0.2, 0) is 18.4 Å². The molecule has 9 nitrogen and oxygen atoms in total.